The molecule has 0 spiro atoms. The van der Waals surface area contributed by atoms with Crippen LogP contribution in [0.4, 0.5) is 5.69 Å². The molecular weight excluding hydrogens is 424 g/mol. The zero-order valence-electron chi connectivity index (χ0n) is 17.4. The van der Waals surface area contributed by atoms with Crippen molar-refractivity contribution < 1.29 is 4.79 Å². The van der Waals surface area contributed by atoms with Crippen LogP contribution in [0, 0.1) is 5.41 Å². The molecule has 0 aliphatic rings. The topological polar surface area (TPSA) is 116 Å². The van der Waals surface area contributed by atoms with E-state index in [0.717, 1.165) is 11.1 Å². The maximum absolute atomic E-state index is 12.5. The average molecular weight is 449 g/mol. The second-order valence-corrected chi connectivity index (χ2v) is 7.39. The van der Waals surface area contributed by atoms with Crippen molar-refractivity contribution in [2.75, 3.05) is 18.4 Å². The first-order valence-corrected chi connectivity index (χ1v) is 10.5. The highest BCUT2D eigenvalue weighted by atomic mass is 35.5. The third-order valence-corrected chi connectivity index (χ3v) is 4.88. The van der Waals surface area contributed by atoms with Gasteiger partial charge in [-0.3, -0.25) is 15.2 Å². The number of anilines is 1. The van der Waals surface area contributed by atoms with Crippen molar-refractivity contribution in [2.24, 2.45) is 5.73 Å². The first kappa shape index (κ1) is 22.8. The van der Waals surface area contributed by atoms with Crippen LogP contribution in [0.25, 0.3) is 5.70 Å². The summed E-state index contributed by atoms with van der Waals surface area (Å²) in [4.78, 5) is 16.5. The monoisotopic (exact) mass is 448 g/mol. The number of hydrogen-bond donors (Lipinski definition) is 5. The number of nitrogens with two attached hydrogens (primary N) is 1. The molecule has 2 aromatic carbocycles. The molecule has 0 aliphatic heterocycles. The SMILES string of the molecule is N=C(C(=O)NCCN/C=C(\N)c1cccnc1)c1ccccc1NCc1ccc(Cl)cc1. The van der Waals surface area contributed by atoms with Crippen LogP contribution in [-0.4, -0.2) is 29.7 Å². The number of carbonyl (C=O) groups is 1. The van der Waals surface area contributed by atoms with E-state index in [4.69, 9.17) is 22.7 Å². The Morgan fingerprint density at radius 3 is 2.59 bits per heavy atom. The van der Waals surface area contributed by atoms with Crippen LogP contribution < -0.4 is 21.7 Å². The largest absolute Gasteiger partial charge is 0.397 e. The van der Waals surface area contributed by atoms with Crippen LogP contribution in [-0.2, 0) is 11.3 Å². The van der Waals surface area contributed by atoms with Gasteiger partial charge in [0.1, 0.15) is 5.71 Å². The Bertz CT molecular complexity index is 1080. The van der Waals surface area contributed by atoms with E-state index >= 15 is 0 Å². The van der Waals surface area contributed by atoms with Crippen molar-refractivity contribution in [3.8, 4) is 0 Å². The summed E-state index contributed by atoms with van der Waals surface area (Å²) >= 11 is 5.93. The Kier molecular flexibility index (Phi) is 8.22. The Hall–Kier alpha value is -3.84. The zero-order chi connectivity index (χ0) is 22.8. The molecule has 0 saturated heterocycles. The standard InChI is InChI=1S/C24H25ClN6O/c25-19-9-7-17(8-10-19)14-31-22-6-2-1-5-20(22)23(27)24(32)30-13-12-29-16-21(26)18-4-3-11-28-15-18/h1-11,15-16,27,29,31H,12-14,26H2,(H,30,32)/b21-16-,27-23?. The minimum absolute atomic E-state index is 0.102. The fraction of sp³-hybridized carbons (Fsp3) is 0.125. The molecule has 164 valence electrons. The molecule has 0 bridgehead atoms. The molecule has 8 heteroatoms. The van der Waals surface area contributed by atoms with Gasteiger partial charge in [-0.25, -0.2) is 0 Å². The third kappa shape index (κ3) is 6.58. The molecule has 3 aromatic rings. The lowest BCUT2D eigenvalue weighted by molar-refractivity contribution is -0.114. The number of aromatic nitrogens is 1. The van der Waals surface area contributed by atoms with Gasteiger partial charge in [0.25, 0.3) is 5.91 Å². The summed E-state index contributed by atoms with van der Waals surface area (Å²) in [5.41, 5.74) is 9.54. The Morgan fingerprint density at radius 1 is 1.06 bits per heavy atom. The van der Waals surface area contributed by atoms with Crippen LogP contribution in [0.3, 0.4) is 0 Å². The molecule has 6 N–H and O–H groups in total. The molecule has 7 nitrogen and oxygen atoms in total. The van der Waals surface area contributed by atoms with E-state index in [-0.39, 0.29) is 5.71 Å². The highest BCUT2D eigenvalue weighted by Gasteiger charge is 2.14. The number of nitrogens with zero attached hydrogens (tertiary/aromatic N) is 1. The predicted molar refractivity (Wildman–Crippen MR) is 129 cm³/mol. The summed E-state index contributed by atoms with van der Waals surface area (Å²) in [6.07, 6.45) is 5.03. The Labute approximate surface area is 192 Å². The first-order chi connectivity index (χ1) is 15.5. The number of para-hydroxylation sites is 1. The Balaban J connectivity index is 1.50. The van der Waals surface area contributed by atoms with Gasteiger partial charge in [-0.2, -0.15) is 0 Å². The molecule has 0 atom stereocenters. The van der Waals surface area contributed by atoms with Crippen LogP contribution in [0.2, 0.25) is 5.02 Å². The summed E-state index contributed by atoms with van der Waals surface area (Å²) in [5, 5.41) is 18.1. The highest BCUT2D eigenvalue weighted by molar-refractivity contribution is 6.45. The number of halogens is 1. The van der Waals surface area contributed by atoms with Crippen molar-refractivity contribution in [1.82, 2.24) is 15.6 Å². The Morgan fingerprint density at radius 2 is 1.84 bits per heavy atom. The smallest absolute Gasteiger partial charge is 0.269 e. The number of nitrogens with one attached hydrogen (secondary N) is 4. The molecule has 0 unspecified atom stereocenters. The van der Waals surface area contributed by atoms with E-state index in [9.17, 15) is 4.79 Å². The lowest BCUT2D eigenvalue weighted by Crippen LogP contribution is -2.35. The molecule has 1 amide bonds. The number of benzene rings is 2. The fourth-order valence-electron chi connectivity index (χ4n) is 2.91. The van der Waals surface area contributed by atoms with Gasteiger partial charge in [0.05, 0.1) is 5.70 Å². The number of amides is 1. The van der Waals surface area contributed by atoms with Crippen molar-refractivity contribution in [3.63, 3.8) is 0 Å². The van der Waals surface area contributed by atoms with Gasteiger partial charge in [-0.1, -0.05) is 41.9 Å². The molecule has 32 heavy (non-hydrogen) atoms. The normalized spacial score (nSPS) is 11.0. The van der Waals surface area contributed by atoms with Crippen molar-refractivity contribution >= 4 is 34.6 Å². The lowest BCUT2D eigenvalue weighted by Gasteiger charge is -2.13. The molecule has 0 saturated carbocycles. The summed E-state index contributed by atoms with van der Waals surface area (Å²) in [7, 11) is 0. The summed E-state index contributed by atoms with van der Waals surface area (Å²) < 4.78 is 0. The number of hydrogen-bond acceptors (Lipinski definition) is 6. The van der Waals surface area contributed by atoms with E-state index < -0.39 is 5.91 Å². The zero-order valence-corrected chi connectivity index (χ0v) is 18.2. The predicted octanol–water partition coefficient (Wildman–Crippen LogP) is 3.38. The van der Waals surface area contributed by atoms with E-state index in [1.807, 2.05) is 48.5 Å². The van der Waals surface area contributed by atoms with Crippen LogP contribution in [0.15, 0.2) is 79.3 Å². The van der Waals surface area contributed by atoms with Crippen molar-refractivity contribution in [1.29, 1.82) is 5.41 Å². The molecule has 0 radical (unpaired) electrons. The van der Waals surface area contributed by atoms with Gasteiger partial charge >= 0.3 is 0 Å². The van der Waals surface area contributed by atoms with E-state index in [0.29, 0.717) is 41.6 Å². The minimum Gasteiger partial charge on any atom is -0.397 e. The number of rotatable bonds is 10. The van der Waals surface area contributed by atoms with Crippen LogP contribution >= 0.6 is 11.6 Å². The molecule has 1 heterocycles. The molecule has 1 aromatic heterocycles. The van der Waals surface area contributed by atoms with Gasteiger partial charge in [0.15, 0.2) is 0 Å². The first-order valence-electron chi connectivity index (χ1n) is 10.1. The molecular formula is C24H25ClN6O. The summed E-state index contributed by atoms with van der Waals surface area (Å²) in [5.74, 6) is -0.447. The van der Waals surface area contributed by atoms with Crippen LogP contribution in [0.5, 0.6) is 0 Å². The second-order valence-electron chi connectivity index (χ2n) is 6.95. The van der Waals surface area contributed by atoms with E-state index in [2.05, 4.69) is 20.9 Å². The second kappa shape index (κ2) is 11.5. The van der Waals surface area contributed by atoms with Gasteiger partial charge in [0.2, 0.25) is 0 Å². The van der Waals surface area contributed by atoms with Crippen molar-refractivity contribution in [2.45, 2.75) is 6.54 Å². The van der Waals surface area contributed by atoms with Crippen LogP contribution in [0.1, 0.15) is 16.7 Å². The number of carbonyl (C=O) groups excluding carboxylic acids is 1. The maximum Gasteiger partial charge on any atom is 0.269 e. The summed E-state index contributed by atoms with van der Waals surface area (Å²) in [6.45, 7) is 1.37. The lowest BCUT2D eigenvalue weighted by atomic mass is 10.1. The van der Waals surface area contributed by atoms with Gasteiger partial charge in [-0.15, -0.1) is 0 Å². The minimum atomic E-state index is -0.447. The van der Waals surface area contributed by atoms with Gasteiger partial charge < -0.3 is 21.7 Å². The molecule has 3 rings (SSSR count). The quantitative estimate of drug-likeness (QED) is 0.241. The fourth-order valence-corrected chi connectivity index (χ4v) is 3.04. The highest BCUT2D eigenvalue weighted by Crippen LogP contribution is 2.18. The van der Waals surface area contributed by atoms with Gasteiger partial charge in [-0.05, 0) is 35.9 Å². The summed E-state index contributed by atoms with van der Waals surface area (Å²) in [6, 6.07) is 18.5. The maximum atomic E-state index is 12.5. The van der Waals surface area contributed by atoms with Crippen molar-refractivity contribution in [3.05, 3.63) is 101 Å². The van der Waals surface area contributed by atoms with Gasteiger partial charge in [0, 0.05) is 60.1 Å². The average Bonchev–Trinajstić information content (AvgIpc) is 2.83. The van der Waals surface area contributed by atoms with E-state index in [1.165, 1.54) is 0 Å². The third-order valence-electron chi connectivity index (χ3n) is 4.63. The molecule has 0 fully saturated rings. The molecule has 0 aliphatic carbocycles. The number of pyridine rings is 1. The van der Waals surface area contributed by atoms with E-state index in [1.54, 1.807) is 30.7 Å².